The minimum Gasteiger partial charge on any atom is -0.497 e. The van der Waals surface area contributed by atoms with Gasteiger partial charge in [0.05, 0.1) is 19.8 Å². The maximum Gasteiger partial charge on any atom is 0.120 e. The Kier molecular flexibility index (Phi) is 4.42. The van der Waals surface area contributed by atoms with E-state index in [1.54, 1.807) is 7.11 Å². The van der Waals surface area contributed by atoms with E-state index < -0.39 is 0 Å². The van der Waals surface area contributed by atoms with Gasteiger partial charge in [0.15, 0.2) is 0 Å². The number of methoxy groups -OCH3 is 1. The van der Waals surface area contributed by atoms with Crippen LogP contribution in [0.5, 0.6) is 5.75 Å². The summed E-state index contributed by atoms with van der Waals surface area (Å²) in [4.78, 5) is 0. The standard InChI is InChI=1S/C11H15BrO2/c1-8(2)14-7-9-4-5-10(13-3)6-11(9)12/h4-6,8H,7H2,1-3H3. The molecule has 0 radical (unpaired) electrons. The highest BCUT2D eigenvalue weighted by Crippen LogP contribution is 2.23. The Bertz CT molecular complexity index is 297. The monoisotopic (exact) mass is 258 g/mol. The van der Waals surface area contributed by atoms with Crippen LogP contribution in [-0.2, 0) is 11.3 Å². The van der Waals surface area contributed by atoms with Crippen LogP contribution in [0.1, 0.15) is 19.4 Å². The third-order valence-corrected chi connectivity index (χ3v) is 2.57. The maximum absolute atomic E-state index is 5.51. The second kappa shape index (κ2) is 5.37. The van der Waals surface area contributed by atoms with Crippen molar-refractivity contribution < 1.29 is 9.47 Å². The summed E-state index contributed by atoms with van der Waals surface area (Å²) >= 11 is 3.48. The molecular formula is C11H15BrO2. The summed E-state index contributed by atoms with van der Waals surface area (Å²) in [6.45, 7) is 4.68. The van der Waals surface area contributed by atoms with Gasteiger partial charge in [0, 0.05) is 4.47 Å². The average molecular weight is 259 g/mol. The molecule has 0 saturated carbocycles. The first-order valence-corrected chi connectivity index (χ1v) is 5.37. The van der Waals surface area contributed by atoms with Crippen LogP contribution in [0.4, 0.5) is 0 Å². The second-order valence-corrected chi connectivity index (χ2v) is 4.17. The average Bonchev–Trinajstić information content (AvgIpc) is 2.15. The number of ether oxygens (including phenoxy) is 2. The van der Waals surface area contributed by atoms with Gasteiger partial charge in [-0.05, 0) is 31.5 Å². The van der Waals surface area contributed by atoms with E-state index in [1.165, 1.54) is 0 Å². The molecule has 1 aromatic carbocycles. The Morgan fingerprint density at radius 2 is 2.07 bits per heavy atom. The molecule has 0 fully saturated rings. The molecule has 0 N–H and O–H groups in total. The van der Waals surface area contributed by atoms with Gasteiger partial charge in [0.2, 0.25) is 0 Å². The molecular weight excluding hydrogens is 244 g/mol. The molecule has 1 aromatic rings. The molecule has 0 aliphatic rings. The number of benzene rings is 1. The molecule has 3 heteroatoms. The topological polar surface area (TPSA) is 18.5 Å². The molecule has 0 unspecified atom stereocenters. The summed E-state index contributed by atoms with van der Waals surface area (Å²) in [5.41, 5.74) is 1.14. The van der Waals surface area contributed by atoms with Crippen molar-refractivity contribution in [2.24, 2.45) is 0 Å². The Morgan fingerprint density at radius 1 is 1.36 bits per heavy atom. The lowest BCUT2D eigenvalue weighted by Crippen LogP contribution is -2.02. The lowest BCUT2D eigenvalue weighted by molar-refractivity contribution is 0.0653. The Labute approximate surface area is 93.4 Å². The van der Waals surface area contributed by atoms with Crippen molar-refractivity contribution in [3.05, 3.63) is 28.2 Å². The summed E-state index contributed by atoms with van der Waals surface area (Å²) in [5, 5.41) is 0. The highest BCUT2D eigenvalue weighted by atomic mass is 79.9. The molecule has 78 valence electrons. The van der Waals surface area contributed by atoms with Gasteiger partial charge in [0.25, 0.3) is 0 Å². The zero-order valence-electron chi connectivity index (χ0n) is 8.71. The van der Waals surface area contributed by atoms with E-state index in [0.29, 0.717) is 6.61 Å². The normalized spacial score (nSPS) is 10.6. The van der Waals surface area contributed by atoms with Crippen molar-refractivity contribution in [2.45, 2.75) is 26.6 Å². The highest BCUT2D eigenvalue weighted by molar-refractivity contribution is 9.10. The van der Waals surface area contributed by atoms with Crippen LogP contribution in [0.15, 0.2) is 22.7 Å². The van der Waals surface area contributed by atoms with E-state index in [-0.39, 0.29) is 6.10 Å². The zero-order valence-corrected chi connectivity index (χ0v) is 10.3. The van der Waals surface area contributed by atoms with E-state index in [0.717, 1.165) is 15.8 Å². The Morgan fingerprint density at radius 3 is 2.57 bits per heavy atom. The van der Waals surface area contributed by atoms with E-state index in [9.17, 15) is 0 Å². The minimum atomic E-state index is 0.254. The van der Waals surface area contributed by atoms with Crippen LogP contribution >= 0.6 is 15.9 Å². The molecule has 0 aliphatic carbocycles. The molecule has 0 heterocycles. The van der Waals surface area contributed by atoms with Crippen LogP contribution in [0.3, 0.4) is 0 Å². The molecule has 0 atom stereocenters. The van der Waals surface area contributed by atoms with Crippen molar-refractivity contribution in [3.63, 3.8) is 0 Å². The third kappa shape index (κ3) is 3.31. The molecule has 0 saturated heterocycles. The smallest absolute Gasteiger partial charge is 0.120 e. The van der Waals surface area contributed by atoms with Crippen molar-refractivity contribution in [2.75, 3.05) is 7.11 Å². The van der Waals surface area contributed by atoms with E-state index >= 15 is 0 Å². The molecule has 0 aliphatic heterocycles. The number of halogens is 1. The predicted molar refractivity (Wildman–Crippen MR) is 60.6 cm³/mol. The van der Waals surface area contributed by atoms with E-state index in [4.69, 9.17) is 9.47 Å². The van der Waals surface area contributed by atoms with Crippen molar-refractivity contribution in [3.8, 4) is 5.75 Å². The van der Waals surface area contributed by atoms with Crippen LogP contribution in [-0.4, -0.2) is 13.2 Å². The van der Waals surface area contributed by atoms with Crippen LogP contribution < -0.4 is 4.74 Å². The highest BCUT2D eigenvalue weighted by Gasteiger charge is 2.02. The lowest BCUT2D eigenvalue weighted by atomic mass is 10.2. The van der Waals surface area contributed by atoms with Crippen LogP contribution in [0.25, 0.3) is 0 Å². The lowest BCUT2D eigenvalue weighted by Gasteiger charge is -2.10. The Balaban J connectivity index is 2.69. The quantitative estimate of drug-likeness (QED) is 0.825. The first kappa shape index (κ1) is 11.5. The predicted octanol–water partition coefficient (Wildman–Crippen LogP) is 3.38. The fraction of sp³-hybridized carbons (Fsp3) is 0.455. The summed E-state index contributed by atoms with van der Waals surface area (Å²) in [6, 6.07) is 5.88. The van der Waals surface area contributed by atoms with Gasteiger partial charge < -0.3 is 9.47 Å². The van der Waals surface area contributed by atoms with Gasteiger partial charge >= 0.3 is 0 Å². The summed E-state index contributed by atoms with van der Waals surface area (Å²) in [5.74, 6) is 0.852. The summed E-state index contributed by atoms with van der Waals surface area (Å²) in [7, 11) is 1.66. The summed E-state index contributed by atoms with van der Waals surface area (Å²) < 4.78 is 11.6. The van der Waals surface area contributed by atoms with Crippen LogP contribution in [0, 0.1) is 0 Å². The first-order valence-electron chi connectivity index (χ1n) is 4.57. The van der Waals surface area contributed by atoms with E-state index in [2.05, 4.69) is 15.9 Å². The first-order chi connectivity index (χ1) is 6.63. The number of hydrogen-bond acceptors (Lipinski definition) is 2. The van der Waals surface area contributed by atoms with Gasteiger partial charge in [0.1, 0.15) is 5.75 Å². The van der Waals surface area contributed by atoms with Gasteiger partial charge in [-0.1, -0.05) is 22.0 Å². The maximum atomic E-state index is 5.51. The SMILES string of the molecule is COc1ccc(COC(C)C)c(Br)c1. The molecule has 2 nitrogen and oxygen atoms in total. The molecule has 14 heavy (non-hydrogen) atoms. The zero-order chi connectivity index (χ0) is 10.6. The van der Waals surface area contributed by atoms with Gasteiger partial charge in [-0.2, -0.15) is 0 Å². The number of rotatable bonds is 4. The minimum absolute atomic E-state index is 0.254. The van der Waals surface area contributed by atoms with Crippen molar-refractivity contribution >= 4 is 15.9 Å². The molecule has 0 amide bonds. The largest absolute Gasteiger partial charge is 0.497 e. The Hall–Kier alpha value is -0.540. The fourth-order valence-corrected chi connectivity index (χ4v) is 1.50. The van der Waals surface area contributed by atoms with Gasteiger partial charge in [-0.25, -0.2) is 0 Å². The molecule has 0 bridgehead atoms. The second-order valence-electron chi connectivity index (χ2n) is 3.32. The molecule has 0 aromatic heterocycles. The number of hydrogen-bond donors (Lipinski definition) is 0. The fourth-order valence-electron chi connectivity index (χ4n) is 1.03. The third-order valence-electron chi connectivity index (χ3n) is 1.83. The van der Waals surface area contributed by atoms with Crippen LogP contribution in [0.2, 0.25) is 0 Å². The summed E-state index contributed by atoms with van der Waals surface area (Å²) in [6.07, 6.45) is 0.254. The molecule has 1 rings (SSSR count). The van der Waals surface area contributed by atoms with Gasteiger partial charge in [-0.15, -0.1) is 0 Å². The van der Waals surface area contributed by atoms with Crippen molar-refractivity contribution in [1.82, 2.24) is 0 Å². The van der Waals surface area contributed by atoms with E-state index in [1.807, 2.05) is 32.0 Å². The van der Waals surface area contributed by atoms with Gasteiger partial charge in [-0.3, -0.25) is 0 Å². The molecule has 0 spiro atoms. The van der Waals surface area contributed by atoms with Crippen molar-refractivity contribution in [1.29, 1.82) is 0 Å².